The minimum atomic E-state index is -0.628. The first-order valence-electron chi connectivity index (χ1n) is 5.61. The van der Waals surface area contributed by atoms with Crippen molar-refractivity contribution in [3.05, 3.63) is 35.9 Å². The zero-order valence-corrected chi connectivity index (χ0v) is 11.0. The van der Waals surface area contributed by atoms with Gasteiger partial charge < -0.3 is 22.3 Å². The van der Waals surface area contributed by atoms with Gasteiger partial charge in [-0.05, 0) is 17.7 Å². The average molecular weight is 277 g/mol. The molecule has 0 aliphatic rings. The van der Waals surface area contributed by atoms with Gasteiger partial charge in [-0.25, -0.2) is 9.97 Å². The second-order valence-electron chi connectivity index (χ2n) is 3.99. The molecule has 0 bridgehead atoms. The summed E-state index contributed by atoms with van der Waals surface area (Å²) in [4.78, 5) is 8.06. The number of aliphatic hydroxyl groups is 1. The Morgan fingerprint density at radius 1 is 1.05 bits per heavy atom. The molecule has 1 aromatic carbocycles. The van der Waals surface area contributed by atoms with E-state index >= 15 is 0 Å². The molecule has 0 amide bonds. The number of thioether (sulfide) groups is 1. The van der Waals surface area contributed by atoms with Crippen molar-refractivity contribution in [2.75, 3.05) is 23.0 Å². The molecule has 0 saturated carbocycles. The van der Waals surface area contributed by atoms with Crippen LogP contribution in [0.4, 0.5) is 17.3 Å². The normalized spacial score (nSPS) is 12.3. The van der Waals surface area contributed by atoms with Gasteiger partial charge in [0.05, 0.1) is 6.10 Å². The van der Waals surface area contributed by atoms with Crippen LogP contribution in [0.15, 0.2) is 35.5 Å². The monoisotopic (exact) mass is 277 g/mol. The number of hydrogen-bond donors (Lipinski definition) is 4. The van der Waals surface area contributed by atoms with Gasteiger partial charge in [-0.1, -0.05) is 23.9 Å². The van der Waals surface area contributed by atoms with E-state index in [1.807, 2.05) is 0 Å². The van der Waals surface area contributed by atoms with Crippen LogP contribution in [0.25, 0.3) is 0 Å². The van der Waals surface area contributed by atoms with Gasteiger partial charge in [0, 0.05) is 17.5 Å². The Hall–Kier alpha value is -1.99. The fraction of sp³-hybridized carbons (Fsp3) is 0.167. The van der Waals surface area contributed by atoms with Crippen molar-refractivity contribution in [1.82, 2.24) is 9.97 Å². The minimum Gasteiger partial charge on any atom is -0.399 e. The fourth-order valence-corrected chi connectivity index (χ4v) is 2.33. The topological polar surface area (TPSA) is 124 Å². The number of benzene rings is 1. The molecule has 0 fully saturated rings. The fourth-order valence-electron chi connectivity index (χ4n) is 1.49. The number of nitrogen functional groups attached to an aromatic ring is 3. The molecule has 7 N–H and O–H groups in total. The number of anilines is 3. The summed E-state index contributed by atoms with van der Waals surface area (Å²) in [6.45, 7) is 0. The van der Waals surface area contributed by atoms with Crippen LogP contribution in [0, 0.1) is 0 Å². The van der Waals surface area contributed by atoms with Crippen LogP contribution in [0.3, 0.4) is 0 Å². The number of nitrogens with two attached hydrogens (primary N) is 3. The van der Waals surface area contributed by atoms with Gasteiger partial charge in [-0.3, -0.25) is 0 Å². The van der Waals surface area contributed by atoms with E-state index in [1.165, 1.54) is 17.8 Å². The van der Waals surface area contributed by atoms with Crippen molar-refractivity contribution in [2.24, 2.45) is 0 Å². The molecule has 1 unspecified atom stereocenters. The zero-order valence-electron chi connectivity index (χ0n) is 10.2. The van der Waals surface area contributed by atoms with E-state index in [1.54, 1.807) is 24.3 Å². The quantitative estimate of drug-likeness (QED) is 0.374. The number of aromatic nitrogens is 2. The maximum Gasteiger partial charge on any atom is 0.191 e. The van der Waals surface area contributed by atoms with Gasteiger partial charge in [0.25, 0.3) is 0 Å². The molecule has 0 aliphatic heterocycles. The maximum absolute atomic E-state index is 10.0. The Kier molecular flexibility index (Phi) is 4.08. The van der Waals surface area contributed by atoms with E-state index in [9.17, 15) is 5.11 Å². The molecular weight excluding hydrogens is 262 g/mol. The van der Waals surface area contributed by atoms with Crippen molar-refractivity contribution in [3.63, 3.8) is 0 Å². The number of nitrogens with zero attached hydrogens (tertiary/aromatic N) is 2. The van der Waals surface area contributed by atoms with Gasteiger partial charge in [-0.2, -0.15) is 0 Å². The van der Waals surface area contributed by atoms with E-state index in [-0.39, 0.29) is 0 Å². The molecule has 0 spiro atoms. The highest BCUT2D eigenvalue weighted by molar-refractivity contribution is 7.99. The third-order valence-electron chi connectivity index (χ3n) is 2.44. The second-order valence-corrected chi connectivity index (χ2v) is 4.98. The summed E-state index contributed by atoms with van der Waals surface area (Å²) in [5, 5.41) is 10.5. The molecule has 2 rings (SSSR count). The van der Waals surface area contributed by atoms with Crippen LogP contribution in [-0.4, -0.2) is 20.8 Å². The van der Waals surface area contributed by atoms with Gasteiger partial charge >= 0.3 is 0 Å². The Bertz CT molecular complexity index is 540. The predicted molar refractivity (Wildman–Crippen MR) is 77.4 cm³/mol. The van der Waals surface area contributed by atoms with Crippen molar-refractivity contribution in [2.45, 2.75) is 11.3 Å². The maximum atomic E-state index is 10.0. The third kappa shape index (κ3) is 3.73. The molecular formula is C12H15N5OS. The summed E-state index contributed by atoms with van der Waals surface area (Å²) in [5.74, 6) is 1.04. The first-order chi connectivity index (χ1) is 9.04. The van der Waals surface area contributed by atoms with Crippen LogP contribution >= 0.6 is 11.8 Å². The van der Waals surface area contributed by atoms with Crippen LogP contribution < -0.4 is 17.2 Å². The zero-order chi connectivity index (χ0) is 13.8. The van der Waals surface area contributed by atoms with E-state index in [0.717, 1.165) is 5.56 Å². The van der Waals surface area contributed by atoms with Gasteiger partial charge in [0.2, 0.25) is 0 Å². The van der Waals surface area contributed by atoms with Gasteiger partial charge in [0.1, 0.15) is 11.6 Å². The van der Waals surface area contributed by atoms with Crippen LogP contribution in [0.2, 0.25) is 0 Å². The Balaban J connectivity index is 1.99. The second kappa shape index (κ2) is 5.77. The van der Waals surface area contributed by atoms with Crippen LogP contribution in [0.5, 0.6) is 0 Å². The molecule has 100 valence electrons. The van der Waals surface area contributed by atoms with E-state index in [4.69, 9.17) is 17.2 Å². The van der Waals surface area contributed by atoms with E-state index < -0.39 is 6.10 Å². The third-order valence-corrected chi connectivity index (χ3v) is 3.36. The molecule has 7 heteroatoms. The Labute approximate surface area is 115 Å². The highest BCUT2D eigenvalue weighted by atomic mass is 32.2. The summed E-state index contributed by atoms with van der Waals surface area (Å²) in [7, 11) is 0. The lowest BCUT2D eigenvalue weighted by atomic mass is 10.1. The number of aliphatic hydroxyl groups excluding tert-OH is 1. The van der Waals surface area contributed by atoms with E-state index in [0.29, 0.717) is 28.2 Å². The molecule has 0 aliphatic carbocycles. The molecule has 0 saturated heterocycles. The van der Waals surface area contributed by atoms with Crippen molar-refractivity contribution >= 4 is 29.1 Å². The SMILES string of the molecule is Nc1ccc(C(O)CSc2nc(N)cc(N)n2)cc1. The lowest BCUT2D eigenvalue weighted by Gasteiger charge is -2.10. The van der Waals surface area contributed by atoms with Crippen LogP contribution in [-0.2, 0) is 0 Å². The summed E-state index contributed by atoms with van der Waals surface area (Å²) in [6, 6.07) is 8.56. The largest absolute Gasteiger partial charge is 0.399 e. The standard InChI is InChI=1S/C12H15N5OS/c13-8-3-1-7(2-4-8)9(18)6-19-12-16-10(14)5-11(15)17-12/h1-5,9,18H,6,13H2,(H4,14,15,16,17). The molecule has 19 heavy (non-hydrogen) atoms. The van der Waals surface area contributed by atoms with Gasteiger partial charge in [-0.15, -0.1) is 0 Å². The lowest BCUT2D eigenvalue weighted by molar-refractivity contribution is 0.204. The molecule has 1 heterocycles. The molecule has 0 radical (unpaired) electrons. The van der Waals surface area contributed by atoms with Crippen LogP contribution in [0.1, 0.15) is 11.7 Å². The molecule has 6 nitrogen and oxygen atoms in total. The summed E-state index contributed by atoms with van der Waals surface area (Å²) in [5.41, 5.74) is 18.2. The molecule has 2 aromatic rings. The van der Waals surface area contributed by atoms with Crippen molar-refractivity contribution in [1.29, 1.82) is 0 Å². The predicted octanol–water partition coefficient (Wildman–Crippen LogP) is 1.05. The van der Waals surface area contributed by atoms with Crippen molar-refractivity contribution < 1.29 is 5.11 Å². The van der Waals surface area contributed by atoms with E-state index in [2.05, 4.69) is 9.97 Å². The average Bonchev–Trinajstić information content (AvgIpc) is 2.36. The lowest BCUT2D eigenvalue weighted by Crippen LogP contribution is -2.03. The first-order valence-corrected chi connectivity index (χ1v) is 6.59. The summed E-state index contributed by atoms with van der Waals surface area (Å²) < 4.78 is 0. The highest BCUT2D eigenvalue weighted by Gasteiger charge is 2.10. The summed E-state index contributed by atoms with van der Waals surface area (Å²) in [6.07, 6.45) is -0.628. The summed E-state index contributed by atoms with van der Waals surface area (Å²) >= 11 is 1.29. The molecule has 1 aromatic heterocycles. The minimum absolute atomic E-state index is 0.317. The Morgan fingerprint density at radius 3 is 2.21 bits per heavy atom. The van der Waals surface area contributed by atoms with Crippen molar-refractivity contribution in [3.8, 4) is 0 Å². The number of rotatable bonds is 4. The van der Waals surface area contributed by atoms with Gasteiger partial charge in [0.15, 0.2) is 5.16 Å². The number of hydrogen-bond acceptors (Lipinski definition) is 7. The highest BCUT2D eigenvalue weighted by Crippen LogP contribution is 2.24. The first kappa shape index (κ1) is 13.4. The Morgan fingerprint density at radius 2 is 1.63 bits per heavy atom. The molecule has 1 atom stereocenters. The smallest absolute Gasteiger partial charge is 0.191 e.